The molecule has 0 aliphatic heterocycles. The minimum Gasteiger partial charge on any atom is -0.257 e. The first-order chi connectivity index (χ1) is 9.99. The SMILES string of the molecule is O=S(=O)(OCC(F)(F)F)c1cc2nc(Cl)c(Cl)nc2cc1F. The Morgan fingerprint density at radius 2 is 1.59 bits per heavy atom. The highest BCUT2D eigenvalue weighted by Crippen LogP contribution is 2.27. The van der Waals surface area contributed by atoms with Gasteiger partial charge >= 0.3 is 6.18 Å². The van der Waals surface area contributed by atoms with Gasteiger partial charge in [0.15, 0.2) is 16.9 Å². The van der Waals surface area contributed by atoms with Crippen molar-refractivity contribution in [2.45, 2.75) is 11.1 Å². The van der Waals surface area contributed by atoms with Crippen molar-refractivity contribution in [3.8, 4) is 0 Å². The standard InChI is InChI=1S/C10H4Cl2F4N2O3S/c11-8-9(12)18-6-2-7(4(13)1-5(6)17-8)22(19,20)21-3-10(14,15)16/h1-2H,3H2. The van der Waals surface area contributed by atoms with Gasteiger partial charge in [0, 0.05) is 6.07 Å². The largest absolute Gasteiger partial charge is 0.413 e. The quantitative estimate of drug-likeness (QED) is 0.605. The maximum absolute atomic E-state index is 13.8. The van der Waals surface area contributed by atoms with Crippen LogP contribution in [0.4, 0.5) is 17.6 Å². The van der Waals surface area contributed by atoms with Crippen LogP contribution in [0, 0.1) is 5.82 Å². The smallest absolute Gasteiger partial charge is 0.257 e. The van der Waals surface area contributed by atoms with Gasteiger partial charge in [-0.3, -0.25) is 4.18 Å². The Balaban J connectivity index is 2.51. The van der Waals surface area contributed by atoms with E-state index < -0.39 is 33.6 Å². The molecular formula is C10H4Cl2F4N2O3S. The number of halogens is 6. The summed E-state index contributed by atoms with van der Waals surface area (Å²) >= 11 is 11.2. The van der Waals surface area contributed by atoms with Crippen LogP contribution in [0.1, 0.15) is 0 Å². The van der Waals surface area contributed by atoms with Gasteiger partial charge in [-0.1, -0.05) is 23.2 Å². The van der Waals surface area contributed by atoms with Crippen LogP contribution in [0.3, 0.4) is 0 Å². The van der Waals surface area contributed by atoms with E-state index in [-0.39, 0.29) is 21.3 Å². The minimum atomic E-state index is -4.98. The second kappa shape index (κ2) is 5.76. The highest BCUT2D eigenvalue weighted by Gasteiger charge is 2.32. The number of alkyl halides is 3. The lowest BCUT2D eigenvalue weighted by molar-refractivity contribution is -0.152. The number of fused-ring (bicyclic) bond motifs is 1. The summed E-state index contributed by atoms with van der Waals surface area (Å²) < 4.78 is 76.8. The highest BCUT2D eigenvalue weighted by atomic mass is 35.5. The molecular weight excluding hydrogens is 375 g/mol. The molecule has 0 radical (unpaired) electrons. The summed E-state index contributed by atoms with van der Waals surface area (Å²) in [6.07, 6.45) is -4.89. The molecule has 5 nitrogen and oxygen atoms in total. The van der Waals surface area contributed by atoms with E-state index in [1.54, 1.807) is 0 Å². The van der Waals surface area contributed by atoms with Gasteiger partial charge < -0.3 is 0 Å². The van der Waals surface area contributed by atoms with Crippen LogP contribution in [0.5, 0.6) is 0 Å². The molecule has 12 heteroatoms. The maximum atomic E-state index is 13.8. The second-order valence-electron chi connectivity index (χ2n) is 3.91. The molecule has 0 aliphatic carbocycles. The maximum Gasteiger partial charge on any atom is 0.413 e. The average Bonchev–Trinajstić information content (AvgIpc) is 2.37. The topological polar surface area (TPSA) is 69.2 Å². The Bertz CT molecular complexity index is 842. The van der Waals surface area contributed by atoms with Crippen molar-refractivity contribution in [1.29, 1.82) is 0 Å². The molecule has 1 aromatic carbocycles. The van der Waals surface area contributed by atoms with E-state index in [0.717, 1.165) is 0 Å². The average molecular weight is 379 g/mol. The molecule has 0 spiro atoms. The molecule has 2 rings (SSSR count). The summed E-state index contributed by atoms with van der Waals surface area (Å²) in [5, 5.41) is -0.516. The molecule has 0 fully saturated rings. The molecule has 0 unspecified atom stereocenters. The fourth-order valence-electron chi connectivity index (χ4n) is 1.41. The van der Waals surface area contributed by atoms with Crippen LogP contribution in [-0.2, 0) is 14.3 Å². The van der Waals surface area contributed by atoms with Crippen LogP contribution in [-0.4, -0.2) is 31.2 Å². The lowest BCUT2D eigenvalue weighted by atomic mass is 10.3. The number of benzene rings is 1. The molecule has 0 amide bonds. The third kappa shape index (κ3) is 3.75. The zero-order chi connectivity index (χ0) is 16.7. The first kappa shape index (κ1) is 17.1. The Labute approximate surface area is 130 Å². The third-order valence-corrected chi connectivity index (χ3v) is 4.19. The van der Waals surface area contributed by atoms with Crippen LogP contribution in [0.15, 0.2) is 17.0 Å². The summed E-state index contributed by atoms with van der Waals surface area (Å²) in [5.74, 6) is -1.36. The van der Waals surface area contributed by atoms with Gasteiger partial charge in [0.25, 0.3) is 10.1 Å². The molecule has 0 bridgehead atoms. The zero-order valence-electron chi connectivity index (χ0n) is 10.2. The van der Waals surface area contributed by atoms with Gasteiger partial charge in [-0.2, -0.15) is 21.6 Å². The predicted octanol–water partition coefficient (Wildman–Crippen LogP) is 3.34. The lowest BCUT2D eigenvalue weighted by Crippen LogP contribution is -2.21. The molecule has 1 aromatic heterocycles. The Morgan fingerprint density at radius 1 is 1.09 bits per heavy atom. The highest BCUT2D eigenvalue weighted by molar-refractivity contribution is 7.86. The molecule has 0 saturated carbocycles. The van der Waals surface area contributed by atoms with E-state index in [9.17, 15) is 26.0 Å². The van der Waals surface area contributed by atoms with Crippen molar-refractivity contribution >= 4 is 44.4 Å². The van der Waals surface area contributed by atoms with Gasteiger partial charge in [0.2, 0.25) is 0 Å². The summed E-state index contributed by atoms with van der Waals surface area (Å²) in [5.41, 5.74) is -0.299. The van der Waals surface area contributed by atoms with Gasteiger partial charge in [-0.15, -0.1) is 0 Å². The molecule has 120 valence electrons. The fraction of sp³-hybridized carbons (Fsp3) is 0.200. The van der Waals surface area contributed by atoms with Crippen molar-refractivity contribution in [2.24, 2.45) is 0 Å². The van der Waals surface area contributed by atoms with Gasteiger partial charge in [-0.05, 0) is 6.07 Å². The molecule has 0 saturated heterocycles. The van der Waals surface area contributed by atoms with E-state index in [4.69, 9.17) is 23.2 Å². The third-order valence-electron chi connectivity index (χ3n) is 2.28. The normalized spacial score (nSPS) is 12.8. The number of hydrogen-bond acceptors (Lipinski definition) is 5. The van der Waals surface area contributed by atoms with Gasteiger partial charge in [0.05, 0.1) is 11.0 Å². The Morgan fingerprint density at radius 3 is 2.09 bits per heavy atom. The molecule has 22 heavy (non-hydrogen) atoms. The van der Waals surface area contributed by atoms with Crippen molar-refractivity contribution in [1.82, 2.24) is 9.97 Å². The monoisotopic (exact) mass is 378 g/mol. The van der Waals surface area contributed by atoms with E-state index in [0.29, 0.717) is 12.1 Å². The van der Waals surface area contributed by atoms with Gasteiger partial charge in [0.1, 0.15) is 10.7 Å². The van der Waals surface area contributed by atoms with Crippen molar-refractivity contribution in [3.05, 3.63) is 28.3 Å². The predicted molar refractivity (Wildman–Crippen MR) is 68.7 cm³/mol. The van der Waals surface area contributed by atoms with Crippen LogP contribution >= 0.6 is 23.2 Å². The molecule has 1 heterocycles. The fourth-order valence-corrected chi connectivity index (χ4v) is 2.65. The molecule has 0 aliphatic rings. The number of nitrogens with zero attached hydrogens (tertiary/aromatic N) is 2. The summed E-state index contributed by atoms with van der Waals surface area (Å²) in [6, 6.07) is 1.31. The van der Waals surface area contributed by atoms with Crippen LogP contribution < -0.4 is 0 Å². The summed E-state index contributed by atoms with van der Waals surface area (Å²) in [4.78, 5) is 6.21. The number of aromatic nitrogens is 2. The molecule has 0 N–H and O–H groups in total. The first-order valence-electron chi connectivity index (χ1n) is 5.28. The van der Waals surface area contributed by atoms with E-state index in [1.165, 1.54) is 0 Å². The summed E-state index contributed by atoms with van der Waals surface area (Å²) in [7, 11) is -4.98. The first-order valence-corrected chi connectivity index (χ1v) is 7.44. The Kier molecular flexibility index (Phi) is 4.49. The number of rotatable bonds is 3. The van der Waals surface area contributed by atoms with Crippen LogP contribution in [0.2, 0.25) is 10.3 Å². The van der Waals surface area contributed by atoms with E-state index in [1.807, 2.05) is 0 Å². The van der Waals surface area contributed by atoms with E-state index >= 15 is 0 Å². The van der Waals surface area contributed by atoms with E-state index in [2.05, 4.69) is 14.2 Å². The Hall–Kier alpha value is -1.23. The molecule has 0 atom stereocenters. The molecule has 2 aromatic rings. The summed E-state index contributed by atoms with van der Waals surface area (Å²) in [6.45, 7) is -2.08. The van der Waals surface area contributed by atoms with Crippen LogP contribution in [0.25, 0.3) is 11.0 Å². The second-order valence-corrected chi connectivity index (χ2v) is 6.21. The van der Waals surface area contributed by atoms with Crippen molar-refractivity contribution in [3.63, 3.8) is 0 Å². The van der Waals surface area contributed by atoms with Crippen molar-refractivity contribution < 1.29 is 30.2 Å². The minimum absolute atomic E-state index is 0.123. The van der Waals surface area contributed by atoms with Crippen molar-refractivity contribution in [2.75, 3.05) is 6.61 Å². The lowest BCUT2D eigenvalue weighted by Gasteiger charge is -2.09. The zero-order valence-corrected chi connectivity index (χ0v) is 12.5. The van der Waals surface area contributed by atoms with Gasteiger partial charge in [-0.25, -0.2) is 14.4 Å². The number of hydrogen-bond donors (Lipinski definition) is 0.